The Morgan fingerprint density at radius 1 is 1.16 bits per heavy atom. The summed E-state index contributed by atoms with van der Waals surface area (Å²) in [6.45, 7) is 2.71. The molecular formula is C17H17F3N4O. The van der Waals surface area contributed by atoms with E-state index in [0.717, 1.165) is 23.5 Å². The SMILES string of the molecule is Cc1ccc(CNC2CCN(c3ccc(C(F)(F)F)cc3)C2=O)nn1. The van der Waals surface area contributed by atoms with Crippen molar-refractivity contribution in [3.8, 4) is 0 Å². The molecule has 1 unspecified atom stereocenters. The molecule has 1 aromatic carbocycles. The number of carbonyl (C=O) groups is 1. The van der Waals surface area contributed by atoms with Gasteiger partial charge in [-0.1, -0.05) is 0 Å². The second kappa shape index (κ2) is 6.79. The number of hydrogen-bond donors (Lipinski definition) is 1. The van der Waals surface area contributed by atoms with E-state index in [2.05, 4.69) is 15.5 Å². The van der Waals surface area contributed by atoms with E-state index >= 15 is 0 Å². The van der Waals surface area contributed by atoms with Gasteiger partial charge in [0.2, 0.25) is 5.91 Å². The van der Waals surface area contributed by atoms with Crippen molar-refractivity contribution < 1.29 is 18.0 Å². The van der Waals surface area contributed by atoms with E-state index in [9.17, 15) is 18.0 Å². The zero-order valence-corrected chi connectivity index (χ0v) is 13.5. The van der Waals surface area contributed by atoms with Crippen molar-refractivity contribution in [2.45, 2.75) is 32.1 Å². The van der Waals surface area contributed by atoms with Crippen molar-refractivity contribution in [3.63, 3.8) is 0 Å². The number of alkyl halides is 3. The third-order valence-corrected chi connectivity index (χ3v) is 4.09. The van der Waals surface area contributed by atoms with Gasteiger partial charge in [0, 0.05) is 18.8 Å². The fraction of sp³-hybridized carbons (Fsp3) is 0.353. The summed E-state index contributed by atoms with van der Waals surface area (Å²) in [6, 6.07) is 7.93. The van der Waals surface area contributed by atoms with Gasteiger partial charge in [-0.25, -0.2) is 0 Å². The van der Waals surface area contributed by atoms with Gasteiger partial charge in [0.1, 0.15) is 0 Å². The molecule has 1 aliphatic heterocycles. The maximum atomic E-state index is 12.6. The van der Waals surface area contributed by atoms with Crippen molar-refractivity contribution in [1.29, 1.82) is 0 Å². The number of halogens is 3. The molecule has 132 valence electrons. The summed E-state index contributed by atoms with van der Waals surface area (Å²) in [5.41, 5.74) is 1.29. The van der Waals surface area contributed by atoms with Gasteiger partial charge in [-0.3, -0.25) is 4.79 Å². The van der Waals surface area contributed by atoms with Crippen LogP contribution in [-0.4, -0.2) is 28.7 Å². The summed E-state index contributed by atoms with van der Waals surface area (Å²) in [4.78, 5) is 14.0. The van der Waals surface area contributed by atoms with Gasteiger partial charge < -0.3 is 10.2 Å². The molecule has 1 aromatic heterocycles. The molecule has 2 aromatic rings. The fourth-order valence-electron chi connectivity index (χ4n) is 2.70. The molecule has 3 rings (SSSR count). The Balaban J connectivity index is 1.62. The minimum absolute atomic E-state index is 0.153. The molecular weight excluding hydrogens is 333 g/mol. The number of carbonyl (C=O) groups excluding carboxylic acids is 1. The number of nitrogens with zero attached hydrogens (tertiary/aromatic N) is 3. The maximum absolute atomic E-state index is 12.6. The molecule has 0 spiro atoms. The Bertz CT molecular complexity index is 744. The predicted octanol–water partition coefficient (Wildman–Crippen LogP) is 2.70. The Morgan fingerprint density at radius 3 is 2.48 bits per heavy atom. The molecule has 2 heterocycles. The lowest BCUT2D eigenvalue weighted by Crippen LogP contribution is -2.38. The van der Waals surface area contributed by atoms with Crippen LogP contribution in [0.2, 0.25) is 0 Å². The van der Waals surface area contributed by atoms with Crippen LogP contribution in [0.1, 0.15) is 23.4 Å². The van der Waals surface area contributed by atoms with Crippen molar-refractivity contribution in [3.05, 3.63) is 53.3 Å². The lowest BCUT2D eigenvalue weighted by atomic mass is 10.2. The van der Waals surface area contributed by atoms with Gasteiger partial charge in [-0.2, -0.15) is 23.4 Å². The van der Waals surface area contributed by atoms with Crippen LogP contribution >= 0.6 is 0 Å². The van der Waals surface area contributed by atoms with Gasteiger partial charge in [0.25, 0.3) is 0 Å². The van der Waals surface area contributed by atoms with Crippen LogP contribution in [0.15, 0.2) is 36.4 Å². The first-order valence-electron chi connectivity index (χ1n) is 7.86. The van der Waals surface area contributed by atoms with E-state index in [4.69, 9.17) is 0 Å². The highest BCUT2D eigenvalue weighted by atomic mass is 19.4. The first-order valence-corrected chi connectivity index (χ1v) is 7.86. The molecule has 8 heteroatoms. The van der Waals surface area contributed by atoms with Gasteiger partial charge in [0.15, 0.2) is 0 Å². The zero-order chi connectivity index (χ0) is 18.0. The van der Waals surface area contributed by atoms with Crippen LogP contribution < -0.4 is 10.2 Å². The highest BCUT2D eigenvalue weighted by Crippen LogP contribution is 2.31. The number of amides is 1. The summed E-state index contributed by atoms with van der Waals surface area (Å²) in [5.74, 6) is -0.153. The largest absolute Gasteiger partial charge is 0.416 e. The highest BCUT2D eigenvalue weighted by Gasteiger charge is 2.34. The topological polar surface area (TPSA) is 58.1 Å². The maximum Gasteiger partial charge on any atom is 0.416 e. The van der Waals surface area contributed by atoms with Gasteiger partial charge in [-0.05, 0) is 49.7 Å². The molecule has 1 saturated heterocycles. The quantitative estimate of drug-likeness (QED) is 0.921. The second-order valence-corrected chi connectivity index (χ2v) is 5.92. The molecule has 0 bridgehead atoms. The number of benzene rings is 1. The standard InChI is InChI=1S/C17H17F3N4O/c1-11-2-5-13(23-22-11)10-21-15-8-9-24(16(15)25)14-6-3-12(4-7-14)17(18,19)20/h2-7,15,21H,8-10H2,1H3. The monoisotopic (exact) mass is 350 g/mol. The average molecular weight is 350 g/mol. The number of aromatic nitrogens is 2. The number of anilines is 1. The van der Waals surface area contributed by atoms with Crippen LogP contribution in [0.4, 0.5) is 18.9 Å². The molecule has 1 amide bonds. The van der Waals surface area contributed by atoms with E-state index in [1.807, 2.05) is 19.1 Å². The minimum Gasteiger partial charge on any atom is -0.311 e. The molecule has 1 fully saturated rings. The number of nitrogens with one attached hydrogen (secondary N) is 1. The van der Waals surface area contributed by atoms with Crippen molar-refractivity contribution in [2.24, 2.45) is 0 Å². The average Bonchev–Trinajstić information content (AvgIpc) is 2.94. The van der Waals surface area contributed by atoms with E-state index in [-0.39, 0.29) is 11.9 Å². The Morgan fingerprint density at radius 2 is 1.88 bits per heavy atom. The summed E-state index contributed by atoms with van der Waals surface area (Å²) in [6.07, 6.45) is -3.80. The number of hydrogen-bond acceptors (Lipinski definition) is 4. The van der Waals surface area contributed by atoms with E-state index in [1.54, 1.807) is 0 Å². The Kier molecular flexibility index (Phi) is 4.71. The highest BCUT2D eigenvalue weighted by molar-refractivity contribution is 5.99. The molecule has 0 aliphatic carbocycles. The van der Waals surface area contributed by atoms with Crippen molar-refractivity contribution in [2.75, 3.05) is 11.4 Å². The first-order chi connectivity index (χ1) is 11.8. The second-order valence-electron chi connectivity index (χ2n) is 5.92. The van der Waals surface area contributed by atoms with E-state index in [0.29, 0.717) is 25.2 Å². The lowest BCUT2D eigenvalue weighted by molar-refractivity contribution is -0.137. The third kappa shape index (κ3) is 3.96. The van der Waals surface area contributed by atoms with Crippen LogP contribution in [-0.2, 0) is 17.5 Å². The van der Waals surface area contributed by atoms with Gasteiger partial charge in [0.05, 0.1) is 23.0 Å². The van der Waals surface area contributed by atoms with Gasteiger partial charge in [-0.15, -0.1) is 0 Å². The molecule has 25 heavy (non-hydrogen) atoms. The summed E-state index contributed by atoms with van der Waals surface area (Å²) < 4.78 is 37.9. The van der Waals surface area contributed by atoms with Crippen LogP contribution in [0.5, 0.6) is 0 Å². The first kappa shape index (κ1) is 17.3. The minimum atomic E-state index is -4.38. The lowest BCUT2D eigenvalue weighted by Gasteiger charge is -2.18. The molecule has 0 radical (unpaired) electrons. The smallest absolute Gasteiger partial charge is 0.311 e. The fourth-order valence-corrected chi connectivity index (χ4v) is 2.70. The van der Waals surface area contributed by atoms with E-state index in [1.165, 1.54) is 17.0 Å². The molecule has 0 saturated carbocycles. The Labute approximate surface area is 142 Å². The summed E-state index contributed by atoms with van der Waals surface area (Å²) in [5, 5.41) is 11.1. The predicted molar refractivity (Wildman–Crippen MR) is 85.8 cm³/mol. The molecule has 1 atom stereocenters. The van der Waals surface area contributed by atoms with Gasteiger partial charge >= 0.3 is 6.18 Å². The van der Waals surface area contributed by atoms with Crippen molar-refractivity contribution in [1.82, 2.24) is 15.5 Å². The third-order valence-electron chi connectivity index (χ3n) is 4.09. The molecule has 5 nitrogen and oxygen atoms in total. The molecule has 1 aliphatic rings. The Hall–Kier alpha value is -2.48. The van der Waals surface area contributed by atoms with Crippen LogP contribution in [0.3, 0.4) is 0 Å². The normalized spacial score (nSPS) is 18.0. The number of aryl methyl sites for hydroxylation is 1. The van der Waals surface area contributed by atoms with Crippen molar-refractivity contribution >= 4 is 11.6 Å². The summed E-state index contributed by atoms with van der Waals surface area (Å²) >= 11 is 0. The van der Waals surface area contributed by atoms with Crippen LogP contribution in [0, 0.1) is 6.92 Å². The van der Waals surface area contributed by atoms with Crippen LogP contribution in [0.25, 0.3) is 0 Å². The molecule has 1 N–H and O–H groups in total. The number of rotatable bonds is 4. The van der Waals surface area contributed by atoms with E-state index < -0.39 is 11.7 Å². The zero-order valence-electron chi connectivity index (χ0n) is 13.5. The summed E-state index contributed by atoms with van der Waals surface area (Å²) in [7, 11) is 0.